The van der Waals surface area contributed by atoms with E-state index >= 15 is 0 Å². The van der Waals surface area contributed by atoms with Gasteiger partial charge in [-0.1, -0.05) is 66.7 Å². The highest BCUT2D eigenvalue weighted by molar-refractivity contribution is 5.91. The average Bonchev–Trinajstić information content (AvgIpc) is 3.65. The summed E-state index contributed by atoms with van der Waals surface area (Å²) < 4.78 is 6.33. The molecule has 5 heteroatoms. The van der Waals surface area contributed by atoms with Crippen LogP contribution >= 0.6 is 0 Å². The average molecular weight is 653 g/mol. The monoisotopic (exact) mass is 652 g/mol. The van der Waals surface area contributed by atoms with Crippen molar-refractivity contribution in [1.82, 2.24) is 19.9 Å². The number of aromatic nitrogens is 4. The molecule has 238 valence electrons. The van der Waals surface area contributed by atoms with Crippen LogP contribution in [0.1, 0.15) is 0 Å². The van der Waals surface area contributed by atoms with Crippen LogP contribution in [0.15, 0.2) is 175 Å². The number of benzene rings is 6. The summed E-state index contributed by atoms with van der Waals surface area (Å²) >= 11 is 0. The Morgan fingerprint density at radius 3 is 1.10 bits per heavy atom. The van der Waals surface area contributed by atoms with Gasteiger partial charge in [-0.05, 0) is 113 Å². The van der Waals surface area contributed by atoms with E-state index in [0.29, 0.717) is 5.89 Å². The first-order valence-electron chi connectivity index (χ1n) is 16.9. The van der Waals surface area contributed by atoms with E-state index in [4.69, 9.17) is 24.4 Å². The van der Waals surface area contributed by atoms with Crippen molar-refractivity contribution in [1.29, 1.82) is 0 Å². The van der Waals surface area contributed by atoms with E-state index in [1.165, 1.54) is 0 Å². The second-order valence-electron chi connectivity index (χ2n) is 12.8. The molecule has 6 aromatic carbocycles. The number of pyridine rings is 3. The van der Waals surface area contributed by atoms with Crippen LogP contribution in [0.2, 0.25) is 0 Å². The van der Waals surface area contributed by atoms with Gasteiger partial charge in [0.25, 0.3) is 0 Å². The lowest BCUT2D eigenvalue weighted by atomic mass is 9.91. The summed E-state index contributed by atoms with van der Waals surface area (Å²) in [7, 11) is 0. The van der Waals surface area contributed by atoms with E-state index in [0.717, 1.165) is 93.9 Å². The molecule has 51 heavy (non-hydrogen) atoms. The summed E-state index contributed by atoms with van der Waals surface area (Å²) in [5, 5.41) is 3.28. The van der Waals surface area contributed by atoms with Crippen molar-refractivity contribution < 1.29 is 4.42 Å². The summed E-state index contributed by atoms with van der Waals surface area (Å²) in [6.45, 7) is 0. The number of hydrogen-bond acceptors (Lipinski definition) is 5. The molecule has 0 spiro atoms. The van der Waals surface area contributed by atoms with Gasteiger partial charge in [-0.15, -0.1) is 0 Å². The first kappa shape index (κ1) is 29.0. The molecule has 4 aromatic heterocycles. The zero-order valence-electron chi connectivity index (χ0n) is 27.4. The van der Waals surface area contributed by atoms with Gasteiger partial charge in [0.1, 0.15) is 5.52 Å². The fraction of sp³-hybridized carbons (Fsp3) is 0. The smallest absolute Gasteiger partial charge is 0.227 e. The molecule has 5 nitrogen and oxygen atoms in total. The normalized spacial score (nSPS) is 11.5. The summed E-state index contributed by atoms with van der Waals surface area (Å²) in [5.74, 6) is 0.571. The Kier molecular flexibility index (Phi) is 6.74. The molecule has 0 N–H and O–H groups in total. The van der Waals surface area contributed by atoms with Crippen molar-refractivity contribution >= 4 is 43.8 Å². The Morgan fingerprint density at radius 2 is 0.667 bits per heavy atom. The lowest BCUT2D eigenvalue weighted by molar-refractivity contribution is 0.620. The number of oxazole rings is 1. The highest BCUT2D eigenvalue weighted by Crippen LogP contribution is 2.38. The minimum atomic E-state index is 0.571. The lowest BCUT2D eigenvalue weighted by Crippen LogP contribution is -1.91. The Labute approximate surface area is 293 Å². The molecule has 0 saturated carbocycles. The second kappa shape index (κ2) is 11.9. The van der Waals surface area contributed by atoms with Crippen LogP contribution in [-0.2, 0) is 0 Å². The molecule has 4 heterocycles. The van der Waals surface area contributed by atoms with Crippen LogP contribution in [0.5, 0.6) is 0 Å². The van der Waals surface area contributed by atoms with E-state index in [2.05, 4.69) is 84.9 Å². The molecular formula is C46H28N4O. The third kappa shape index (κ3) is 5.38. The summed E-state index contributed by atoms with van der Waals surface area (Å²) in [5.41, 5.74) is 13.7. The Balaban J connectivity index is 1.21. The minimum Gasteiger partial charge on any atom is -0.436 e. The fourth-order valence-electron chi connectivity index (χ4n) is 6.89. The predicted octanol–water partition coefficient (Wildman–Crippen LogP) is 11.8. The van der Waals surface area contributed by atoms with Crippen molar-refractivity contribution in [2.45, 2.75) is 0 Å². The van der Waals surface area contributed by atoms with Crippen LogP contribution < -0.4 is 0 Å². The second-order valence-corrected chi connectivity index (χ2v) is 12.8. The standard InChI is InChI=1S/C46H28N4O/c1-4-12-41-29(9-1)17-38(26-47-41)34-20-32(21-35(23-34)39-18-30-10-2-5-13-42(30)48-27-39)33-22-36(40-19-31-11-3-6-14-43(31)49-28-40)25-37(24-33)46-50-44-15-7-8-16-45(44)51-46/h1-28H. The van der Waals surface area contributed by atoms with Crippen LogP contribution in [-0.4, -0.2) is 19.9 Å². The molecule has 0 atom stereocenters. The van der Waals surface area contributed by atoms with Gasteiger partial charge in [0, 0.05) is 57.0 Å². The molecule has 0 saturated heterocycles. The highest BCUT2D eigenvalue weighted by atomic mass is 16.3. The zero-order valence-corrected chi connectivity index (χ0v) is 27.4. The molecule has 10 rings (SSSR count). The van der Waals surface area contributed by atoms with Gasteiger partial charge in [0.05, 0.1) is 16.6 Å². The van der Waals surface area contributed by atoms with Crippen molar-refractivity contribution in [3.05, 3.63) is 170 Å². The molecule has 0 radical (unpaired) electrons. The van der Waals surface area contributed by atoms with Gasteiger partial charge in [-0.2, -0.15) is 0 Å². The van der Waals surface area contributed by atoms with Crippen molar-refractivity contribution in [2.75, 3.05) is 0 Å². The number of fused-ring (bicyclic) bond motifs is 4. The Hall–Kier alpha value is -6.98. The lowest BCUT2D eigenvalue weighted by Gasteiger charge is -2.14. The highest BCUT2D eigenvalue weighted by Gasteiger charge is 2.16. The third-order valence-electron chi connectivity index (χ3n) is 9.51. The van der Waals surface area contributed by atoms with Crippen LogP contribution in [0.4, 0.5) is 0 Å². The number of hydrogen-bond donors (Lipinski definition) is 0. The van der Waals surface area contributed by atoms with E-state index in [1.807, 2.05) is 85.3 Å². The number of nitrogens with zero attached hydrogens (tertiary/aromatic N) is 4. The maximum Gasteiger partial charge on any atom is 0.227 e. The molecule has 0 aliphatic rings. The molecule has 0 amide bonds. The van der Waals surface area contributed by atoms with Gasteiger partial charge < -0.3 is 4.42 Å². The van der Waals surface area contributed by atoms with Gasteiger partial charge in [0.2, 0.25) is 5.89 Å². The predicted molar refractivity (Wildman–Crippen MR) is 207 cm³/mol. The fourth-order valence-corrected chi connectivity index (χ4v) is 6.89. The van der Waals surface area contributed by atoms with Crippen LogP contribution in [0, 0.1) is 0 Å². The van der Waals surface area contributed by atoms with Gasteiger partial charge in [0.15, 0.2) is 5.58 Å². The molecule has 0 fully saturated rings. The van der Waals surface area contributed by atoms with Crippen molar-refractivity contribution in [2.24, 2.45) is 0 Å². The summed E-state index contributed by atoms with van der Waals surface area (Å²) in [4.78, 5) is 19.3. The number of para-hydroxylation sites is 5. The maximum atomic E-state index is 6.33. The van der Waals surface area contributed by atoms with Crippen molar-refractivity contribution in [3.63, 3.8) is 0 Å². The Bertz CT molecular complexity index is 2810. The molecule has 0 aliphatic carbocycles. The van der Waals surface area contributed by atoms with Gasteiger partial charge in [-0.25, -0.2) is 4.98 Å². The molecule has 0 bridgehead atoms. The maximum absolute atomic E-state index is 6.33. The van der Waals surface area contributed by atoms with Crippen LogP contribution in [0.25, 0.3) is 99.8 Å². The third-order valence-corrected chi connectivity index (χ3v) is 9.51. The van der Waals surface area contributed by atoms with E-state index in [1.54, 1.807) is 0 Å². The molecule has 0 unspecified atom stereocenters. The summed E-state index contributed by atoms with van der Waals surface area (Å²) in [6.07, 6.45) is 5.87. The first-order chi connectivity index (χ1) is 25.2. The van der Waals surface area contributed by atoms with Crippen molar-refractivity contribution in [3.8, 4) is 56.0 Å². The van der Waals surface area contributed by atoms with Gasteiger partial charge >= 0.3 is 0 Å². The molecule has 0 aliphatic heterocycles. The van der Waals surface area contributed by atoms with E-state index < -0.39 is 0 Å². The minimum absolute atomic E-state index is 0.571. The topological polar surface area (TPSA) is 64.7 Å². The molecule has 10 aromatic rings. The first-order valence-corrected chi connectivity index (χ1v) is 16.9. The van der Waals surface area contributed by atoms with E-state index in [-0.39, 0.29) is 0 Å². The Morgan fingerprint density at radius 1 is 0.314 bits per heavy atom. The largest absolute Gasteiger partial charge is 0.436 e. The van der Waals surface area contributed by atoms with Crippen LogP contribution in [0.3, 0.4) is 0 Å². The quantitative estimate of drug-likeness (QED) is 0.185. The SMILES string of the molecule is c1ccc2ncc(-c3cc(-c4cc(-c5cnc6ccccc6c5)cc(-c5nc6ccccc6o5)c4)cc(-c4cnc5ccccc5c4)c3)cc2c1. The van der Waals surface area contributed by atoms with E-state index in [9.17, 15) is 0 Å². The summed E-state index contributed by atoms with van der Waals surface area (Å²) in [6, 6.07) is 52.4. The molecular weight excluding hydrogens is 625 g/mol. The zero-order chi connectivity index (χ0) is 33.7. The number of rotatable bonds is 5. The van der Waals surface area contributed by atoms with Gasteiger partial charge in [-0.3, -0.25) is 15.0 Å².